The Morgan fingerprint density at radius 1 is 0.291 bits per heavy atom. The van der Waals surface area contributed by atoms with Gasteiger partial charge < -0.3 is 30.6 Å². The molecule has 0 saturated carbocycles. The van der Waals surface area contributed by atoms with Gasteiger partial charge in [-0.25, -0.2) is 0 Å². The van der Waals surface area contributed by atoms with Crippen LogP contribution in [0.4, 0.5) is 0 Å². The highest BCUT2D eigenvalue weighted by Crippen LogP contribution is 2.35. The van der Waals surface area contributed by atoms with Crippen LogP contribution >= 0.6 is 0 Å². The van der Waals surface area contributed by atoms with Crippen LogP contribution in [0.1, 0.15) is 99.3 Å². The van der Waals surface area contributed by atoms with Crippen molar-refractivity contribution in [1.29, 1.82) is 0 Å². The van der Waals surface area contributed by atoms with E-state index in [1.165, 1.54) is 186 Å². The largest absolute Gasteiger partial charge is 0.872 e. The first-order chi connectivity index (χ1) is 38.5. The maximum absolute atomic E-state index is 12.3. The van der Waals surface area contributed by atoms with Gasteiger partial charge in [-0.05, 0) is 181 Å². The molecule has 418 valence electrons. The second-order valence-corrected chi connectivity index (χ2v) is 34.9. The Kier molecular flexibility index (Phi) is 22.2. The Bertz CT molecular complexity index is 2980. The molecule has 79 heavy (non-hydrogen) atoms. The van der Waals surface area contributed by atoms with Gasteiger partial charge in [0.1, 0.15) is 69.0 Å². The lowest BCUT2D eigenvalue weighted by atomic mass is 10.0. The molecule has 6 fully saturated rings. The number of hydrogen-bond acceptors (Lipinski definition) is 6. The molecule has 6 heterocycles. The van der Waals surface area contributed by atoms with Crippen LogP contribution in [0.5, 0.6) is 34.5 Å². The van der Waals surface area contributed by atoms with Crippen LogP contribution in [0.2, 0.25) is 0 Å². The van der Waals surface area contributed by atoms with Gasteiger partial charge in [-0.15, -0.1) is 34.5 Å². The molecule has 7 aromatic carbocycles. The molecule has 6 aliphatic heterocycles. The third-order valence-electron chi connectivity index (χ3n) is 15.5. The molecule has 6 aliphatic rings. The number of aryl methyl sites for hydroxylation is 2. The summed E-state index contributed by atoms with van der Waals surface area (Å²) in [6.45, 7) is 3.97. The minimum Gasteiger partial charge on any atom is -0.872 e. The Morgan fingerprint density at radius 3 is 1.10 bits per heavy atom. The van der Waals surface area contributed by atoms with Gasteiger partial charge in [0.25, 0.3) is 0 Å². The number of rotatable bonds is 8. The van der Waals surface area contributed by atoms with E-state index >= 15 is 0 Å². The summed E-state index contributed by atoms with van der Waals surface area (Å²) in [5.74, 6) is 16.4. The molecule has 7 aromatic rings. The summed E-state index contributed by atoms with van der Waals surface area (Å²) in [7, 11) is 2.36. The van der Waals surface area contributed by atoms with E-state index in [9.17, 15) is 30.6 Å². The molecule has 0 aromatic heterocycles. The SMILES string of the molecule is Cc1cc([O-])ccc1[S+]1CCCC1.Cc1cc([S+]2CCCC2)ccc1[O-].[O-]c1ccc([S+]2CCCC2)c2ccccc12.[O-]c1ccc([S+]2CCCC2)cc1.[O-]c1ccc([S+]2CCCC2)cc1Cc1cc([S+]2CCCC2)ccc1[O-]. The fraction of sp³-hybridized carbons (Fsp3) is 0.403. The highest BCUT2D eigenvalue weighted by Gasteiger charge is 2.32. The van der Waals surface area contributed by atoms with Crippen molar-refractivity contribution in [2.75, 3.05) is 69.0 Å². The lowest BCUT2D eigenvalue weighted by Crippen LogP contribution is -2.09. The molecule has 6 saturated heterocycles. The zero-order chi connectivity index (χ0) is 55.1. The van der Waals surface area contributed by atoms with Gasteiger partial charge in [-0.3, -0.25) is 0 Å². The first-order valence-electron chi connectivity index (χ1n) is 28.6. The van der Waals surface area contributed by atoms with Crippen molar-refractivity contribution in [3.8, 4) is 34.5 Å². The molecule has 0 bridgehead atoms. The maximum atomic E-state index is 12.3. The van der Waals surface area contributed by atoms with Crippen LogP contribution in [0.15, 0.2) is 163 Å². The molecular formula is C67H78O6S6. The van der Waals surface area contributed by atoms with Crippen molar-refractivity contribution < 1.29 is 30.6 Å². The minimum atomic E-state index is 0.0691. The first kappa shape index (κ1) is 59.3. The van der Waals surface area contributed by atoms with E-state index in [2.05, 4.69) is 37.3 Å². The minimum absolute atomic E-state index is 0.0691. The number of hydrogen-bond donors (Lipinski definition) is 0. The predicted molar refractivity (Wildman–Crippen MR) is 333 cm³/mol. The van der Waals surface area contributed by atoms with Crippen LogP contribution in [-0.2, 0) is 71.8 Å². The molecule has 0 amide bonds. The van der Waals surface area contributed by atoms with Gasteiger partial charge >= 0.3 is 0 Å². The molecule has 0 N–H and O–H groups in total. The van der Waals surface area contributed by atoms with Crippen LogP contribution < -0.4 is 30.6 Å². The van der Waals surface area contributed by atoms with Crippen molar-refractivity contribution in [1.82, 2.24) is 0 Å². The molecule has 0 aliphatic carbocycles. The summed E-state index contributed by atoms with van der Waals surface area (Å²) >= 11 is 0. The fourth-order valence-electron chi connectivity index (χ4n) is 11.1. The fourth-order valence-corrected chi connectivity index (χ4v) is 25.5. The molecule has 0 spiro atoms. The maximum Gasteiger partial charge on any atom is 0.162 e. The normalized spacial score (nSPS) is 18.1. The standard InChI is InChI=1S/C21H24O2S2.C14H14OS.2C11H14OS.C10H12OS/c22-20-7-5-18(24-9-1-2-10-24)14-16(20)13-17-15-19(6-8-21(17)23)25-11-3-4-12-25;15-13-7-8-14(16-9-3-4-10-16)12-6-2-1-5-11(12)13;1-9-8-10(4-5-11(9)12)13-6-2-3-7-13;1-9-8-10(12)4-5-11(9)13-6-2-3-7-13;11-9-3-5-10(6-4-9)12-7-1-2-8-12/h5-8,14-15H,1-4,9-13H2;1-2,5-8H,3-4,9-10H2;2*4-5,8H,2-3,6-7H2,1H3;3-6H,1-2,7-8H2. The van der Waals surface area contributed by atoms with E-state index in [1.807, 2.05) is 61.5 Å². The van der Waals surface area contributed by atoms with E-state index < -0.39 is 0 Å². The van der Waals surface area contributed by atoms with E-state index in [1.54, 1.807) is 48.5 Å². The van der Waals surface area contributed by atoms with E-state index in [4.69, 9.17) is 0 Å². The van der Waals surface area contributed by atoms with Crippen molar-refractivity contribution in [2.45, 2.75) is 127 Å². The Morgan fingerprint density at radius 2 is 0.646 bits per heavy atom. The van der Waals surface area contributed by atoms with Crippen LogP contribution in [0, 0.1) is 13.8 Å². The first-order valence-corrected chi connectivity index (χ1v) is 38.0. The molecule has 0 unspecified atom stereocenters. The summed E-state index contributed by atoms with van der Waals surface area (Å²) in [5, 5.41) is 71.6. The van der Waals surface area contributed by atoms with Crippen molar-refractivity contribution in [3.63, 3.8) is 0 Å². The van der Waals surface area contributed by atoms with Crippen molar-refractivity contribution >= 4 is 76.1 Å². The molecule has 6 nitrogen and oxygen atoms in total. The van der Waals surface area contributed by atoms with Gasteiger partial charge in [0.2, 0.25) is 0 Å². The molecule has 12 heteroatoms. The topological polar surface area (TPSA) is 138 Å². The summed E-state index contributed by atoms with van der Waals surface area (Å²) < 4.78 is 0. The zero-order valence-electron chi connectivity index (χ0n) is 46.3. The summed E-state index contributed by atoms with van der Waals surface area (Å²) in [4.78, 5) is 8.24. The van der Waals surface area contributed by atoms with Crippen LogP contribution in [0.3, 0.4) is 0 Å². The van der Waals surface area contributed by atoms with E-state index in [0.29, 0.717) is 71.8 Å². The lowest BCUT2D eigenvalue weighted by Gasteiger charge is -2.18. The molecule has 0 atom stereocenters. The lowest BCUT2D eigenvalue weighted by molar-refractivity contribution is -0.271. The molecule has 13 rings (SSSR count). The zero-order valence-corrected chi connectivity index (χ0v) is 51.2. The van der Waals surface area contributed by atoms with Crippen molar-refractivity contribution in [2.24, 2.45) is 0 Å². The Balaban J connectivity index is 0.000000124. The van der Waals surface area contributed by atoms with Crippen LogP contribution in [0.25, 0.3) is 10.8 Å². The van der Waals surface area contributed by atoms with Gasteiger partial charge in [-0.2, -0.15) is 0 Å². The quantitative estimate of drug-likeness (QED) is 0.139. The number of fused-ring (bicyclic) bond motifs is 1. The smallest absolute Gasteiger partial charge is 0.162 e. The second-order valence-electron chi connectivity index (χ2n) is 21.3. The third kappa shape index (κ3) is 16.5. The van der Waals surface area contributed by atoms with E-state index in [-0.39, 0.29) is 34.5 Å². The number of benzene rings is 7. The Hall–Kier alpha value is -4.30. The highest BCUT2D eigenvalue weighted by atomic mass is 32.2. The molecule has 0 radical (unpaired) electrons. The Labute approximate surface area is 489 Å². The summed E-state index contributed by atoms with van der Waals surface area (Å²) in [6.07, 6.45) is 16.5. The van der Waals surface area contributed by atoms with Gasteiger partial charge in [-0.1, -0.05) is 72.3 Å². The summed E-state index contributed by atoms with van der Waals surface area (Å²) in [5.41, 5.74) is 3.68. The molecular weight excluding hydrogens is 1090 g/mol. The van der Waals surface area contributed by atoms with Crippen molar-refractivity contribution in [3.05, 3.63) is 156 Å². The van der Waals surface area contributed by atoms with Gasteiger partial charge in [0.05, 0.1) is 0 Å². The second kappa shape index (κ2) is 29.6. The predicted octanol–water partition coefficient (Wildman–Crippen LogP) is 10.9. The monoisotopic (exact) mass is 1170 g/mol. The van der Waals surface area contributed by atoms with Crippen LogP contribution in [-0.4, -0.2) is 69.0 Å². The third-order valence-corrected chi connectivity index (χ3v) is 30.7. The summed E-state index contributed by atoms with van der Waals surface area (Å²) in [6, 6.07) is 42.1. The highest BCUT2D eigenvalue weighted by molar-refractivity contribution is 7.98. The van der Waals surface area contributed by atoms with Gasteiger partial charge in [0, 0.05) is 76.3 Å². The van der Waals surface area contributed by atoms with Gasteiger partial charge in [0.15, 0.2) is 29.4 Å². The van der Waals surface area contributed by atoms with E-state index in [0.717, 1.165) is 22.1 Å². The average molecular weight is 1170 g/mol. The average Bonchev–Trinajstić information content (AvgIpc) is 4.33.